The molecule has 7 amide bonds. The van der Waals surface area contributed by atoms with Crippen LogP contribution >= 0.6 is 23.2 Å². The summed E-state index contributed by atoms with van der Waals surface area (Å²) >= 11 is 14.2. The zero-order valence-corrected chi connectivity index (χ0v) is 64.2. The van der Waals surface area contributed by atoms with Crippen LogP contribution in [0.1, 0.15) is 140 Å². The molecule has 2 saturated heterocycles. The van der Waals surface area contributed by atoms with Gasteiger partial charge in [-0.15, -0.1) is 0 Å². The molecule has 7 aromatic carbocycles. The Kier molecular flexibility index (Phi) is 25.3. The zero-order valence-electron chi connectivity index (χ0n) is 62.7. The van der Waals surface area contributed by atoms with Gasteiger partial charge in [-0.3, -0.25) is 38.4 Å². The number of phenolic OH excluding ortho intramolecular Hbond substituents is 4. The van der Waals surface area contributed by atoms with Crippen molar-refractivity contribution in [1.82, 2.24) is 37.2 Å². The molecule has 7 aromatic rings. The van der Waals surface area contributed by atoms with Crippen LogP contribution in [0.15, 0.2) is 115 Å². The number of carbonyl (C=O) groups is 8. The van der Waals surface area contributed by atoms with Crippen molar-refractivity contribution in [3.63, 3.8) is 0 Å². The predicted octanol–water partition coefficient (Wildman–Crippen LogP) is 4.56. The lowest BCUT2D eigenvalue weighted by atomic mass is 9.88. The molecule has 15 rings (SSSR count). The molecule has 0 spiro atoms. The van der Waals surface area contributed by atoms with E-state index in [1.807, 2.05) is 0 Å². The summed E-state index contributed by atoms with van der Waals surface area (Å²) < 4.78 is 44.4. The van der Waals surface area contributed by atoms with Crippen LogP contribution in [-0.4, -0.2) is 195 Å². The lowest BCUT2D eigenvalue weighted by molar-refractivity contribution is -0.277. The molecule has 0 aliphatic carbocycles. The van der Waals surface area contributed by atoms with Gasteiger partial charge in [0.25, 0.3) is 5.91 Å². The van der Waals surface area contributed by atoms with Crippen molar-refractivity contribution in [2.75, 3.05) is 13.2 Å². The average molecular weight is 1660 g/mol. The Morgan fingerprint density at radius 2 is 1.17 bits per heavy atom. The molecule has 0 saturated carbocycles. The Labute approximate surface area is 676 Å². The van der Waals surface area contributed by atoms with Crippen molar-refractivity contribution in [2.45, 2.75) is 176 Å². The number of halogens is 2. The van der Waals surface area contributed by atoms with Crippen LogP contribution in [0.25, 0.3) is 11.1 Å². The van der Waals surface area contributed by atoms with Gasteiger partial charge in [-0.25, -0.2) is 0 Å². The van der Waals surface area contributed by atoms with Gasteiger partial charge in [0.15, 0.2) is 28.8 Å². The number of aliphatic hydroxyl groups excluding tert-OH is 8. The molecule has 8 aliphatic heterocycles. The molecule has 34 nitrogen and oxygen atoms in total. The number of ether oxygens (including phenoxy) is 7. The number of fused-ring (bicyclic) bond motifs is 14. The van der Waals surface area contributed by atoms with E-state index in [2.05, 4.69) is 51.1 Å². The van der Waals surface area contributed by atoms with Crippen molar-refractivity contribution in [3.8, 4) is 80.1 Å². The second-order valence-electron chi connectivity index (χ2n) is 29.7. The topological polar surface area (TPSA) is 528 Å². The highest BCUT2D eigenvalue weighted by atomic mass is 35.5. The molecule has 620 valence electrons. The van der Waals surface area contributed by atoms with Gasteiger partial charge in [0, 0.05) is 47.2 Å². The molecule has 0 aromatic heterocycles. The second-order valence-corrected chi connectivity index (χ2v) is 30.5. The van der Waals surface area contributed by atoms with Crippen molar-refractivity contribution in [1.29, 1.82) is 0 Å². The fraction of sp³-hybridized carbons (Fsp3) is 0.383. The number of amides is 7. The van der Waals surface area contributed by atoms with Gasteiger partial charge in [0.1, 0.15) is 131 Å². The van der Waals surface area contributed by atoms with Crippen LogP contribution in [0.2, 0.25) is 10.0 Å². The van der Waals surface area contributed by atoms with Crippen LogP contribution in [0.5, 0.6) is 69.0 Å². The number of hydrogen-bond donors (Lipinski definition) is 19. The quantitative estimate of drug-likeness (QED) is 0.0590. The SMILES string of the molecule is CC(=O)C1NC(=O)C2NC(=O)C(NC(=O)C3NC(=O)C4NC(=O)C(Cc5ccc(cc5)Oc5cc3cc(c5O[C@@H]3O[C@H](CO)[C@@H](O)[C@H](O)[C@H]3NC(=O)CCCCCCCC(C)C)Oc3ccc(cc3Cl)C2O)NC(=O)c2ccc(O)c(c2)Oc2cc(O)c(Cl)c4c2)c2ccc(O)c(c2)-c2c(O[C@H]3O[C@@H](CO)[C@H](O)[C@@H](O)[C@@H]3O)cc(O)cc21. The van der Waals surface area contributed by atoms with Crippen LogP contribution in [0.3, 0.4) is 0 Å². The minimum atomic E-state index is -2.38. The first kappa shape index (κ1) is 83.8. The number of rotatable bonds is 16. The molecule has 36 heteroatoms. The Hall–Kier alpha value is -11.1. The van der Waals surface area contributed by atoms with Gasteiger partial charge >= 0.3 is 0 Å². The van der Waals surface area contributed by atoms with Crippen molar-refractivity contribution in [3.05, 3.63) is 164 Å². The predicted molar refractivity (Wildman–Crippen MR) is 409 cm³/mol. The number of aromatic hydroxyl groups is 4. The first-order valence-electron chi connectivity index (χ1n) is 37.6. The van der Waals surface area contributed by atoms with Gasteiger partial charge in [0.2, 0.25) is 53.8 Å². The number of ketones is 1. The molecule has 2 fully saturated rings. The second kappa shape index (κ2) is 35.4. The molecule has 7 unspecified atom stereocenters. The molecule has 8 aliphatic rings. The van der Waals surface area contributed by atoms with Crippen molar-refractivity contribution < 1.29 is 133 Å². The van der Waals surface area contributed by atoms with E-state index in [1.54, 1.807) is 0 Å². The van der Waals surface area contributed by atoms with Crippen LogP contribution in [0, 0.1) is 5.92 Å². The van der Waals surface area contributed by atoms with Gasteiger partial charge < -0.3 is 132 Å². The summed E-state index contributed by atoms with van der Waals surface area (Å²) in [6, 6.07) is 7.53. The third-order valence-electron chi connectivity index (χ3n) is 20.9. The maximum Gasteiger partial charge on any atom is 0.252 e. The third kappa shape index (κ3) is 18.1. The minimum Gasteiger partial charge on any atom is -0.508 e. The number of benzene rings is 7. The molecule has 17 bridgehead atoms. The molecular weight excluding hydrogens is 1570 g/mol. The van der Waals surface area contributed by atoms with E-state index in [1.165, 1.54) is 42.5 Å². The van der Waals surface area contributed by atoms with Crippen molar-refractivity contribution in [2.24, 2.45) is 5.92 Å². The standard InChI is InChI=1S/C81H85Cl2N7O27/c1-33(2)9-7-5-4-6-8-10-58(98)85-66-70(102)68(100)56(31-91)115-80(66)117-73-54-25-39-26-55(73)113-51-20-15-37(23-46(51)82)67(99)65-79(110)86-61(34(3)93)44-27-40(94)28-53(114-81-72(104)71(103)69(101)57(32-92)116-81)59(44)43-22-36(13-18-48(43)95)62(76(107)90-65)87-77(108)63(39)88-78(109)64-45-29-42(30-50(97)60(45)83)112-52-24-38(14-19-49(52)96)74(105)84-47(75(106)89-64)21-35-11-16-41(111-54)17-12-35/h11-20,22-30,33,47,56-57,61-72,80-81,91-92,94-97,99-104H,4-10,21,31-32H2,1-3H3,(H,84,105)(H,85,98)(H,86,110)(H,87,108)(H,88,109)(H,89,106)(H,90,107)/t47?,56-,57+,61?,62?,63?,64?,65?,66-,67?,68-,69+,70-,71-,72+,80+,81+/m1/s1. The van der Waals surface area contributed by atoms with E-state index in [0.717, 1.165) is 105 Å². The van der Waals surface area contributed by atoms with E-state index in [-0.39, 0.29) is 52.5 Å². The van der Waals surface area contributed by atoms with Crippen molar-refractivity contribution >= 4 is 70.3 Å². The van der Waals surface area contributed by atoms with Crippen LogP contribution < -0.4 is 60.9 Å². The summed E-state index contributed by atoms with van der Waals surface area (Å²) in [5, 5.41) is 154. The molecule has 117 heavy (non-hydrogen) atoms. The normalized spacial score (nSPS) is 26.4. The van der Waals surface area contributed by atoms with Gasteiger partial charge in [-0.1, -0.05) is 93.4 Å². The molecule has 8 heterocycles. The molecule has 19 N–H and O–H groups in total. The summed E-state index contributed by atoms with van der Waals surface area (Å²) in [5.74, 6) is -14.9. The number of carbonyl (C=O) groups excluding carboxylic acids is 8. The molecule has 0 radical (unpaired) electrons. The number of hydrogen-bond acceptors (Lipinski definition) is 27. The maximum atomic E-state index is 16.6. The summed E-state index contributed by atoms with van der Waals surface area (Å²) in [6.45, 7) is 3.36. The Morgan fingerprint density at radius 1 is 0.538 bits per heavy atom. The van der Waals surface area contributed by atoms with E-state index in [0.29, 0.717) is 24.3 Å². The highest BCUT2D eigenvalue weighted by molar-refractivity contribution is 6.33. The van der Waals surface area contributed by atoms with Gasteiger partial charge in [0.05, 0.1) is 23.3 Å². The number of phenols is 4. The summed E-state index contributed by atoms with van der Waals surface area (Å²) in [7, 11) is 0. The summed E-state index contributed by atoms with van der Waals surface area (Å²) in [4.78, 5) is 122. The van der Waals surface area contributed by atoms with Gasteiger partial charge in [-0.05, 0) is 126 Å². The highest BCUT2D eigenvalue weighted by Crippen LogP contribution is 2.50. The zero-order chi connectivity index (χ0) is 83.7. The van der Waals surface area contributed by atoms with Crippen LogP contribution in [-0.2, 0) is 49.5 Å². The Morgan fingerprint density at radius 3 is 1.87 bits per heavy atom. The molecular formula is C81H85Cl2N7O27. The van der Waals surface area contributed by atoms with Gasteiger partial charge in [-0.2, -0.15) is 0 Å². The van der Waals surface area contributed by atoms with Crippen LogP contribution in [0.4, 0.5) is 0 Å². The lowest BCUT2D eigenvalue weighted by Gasteiger charge is -2.42. The number of nitrogens with one attached hydrogen (secondary N) is 7. The summed E-state index contributed by atoms with van der Waals surface area (Å²) in [5.41, 5.74) is -2.69. The van der Waals surface area contributed by atoms with E-state index < -0.39 is 248 Å². The number of unbranched alkanes of at least 4 members (excludes halogenated alkanes) is 4. The Bertz CT molecular complexity index is 5000. The first-order valence-corrected chi connectivity index (χ1v) is 38.3. The first-order chi connectivity index (χ1) is 55.8. The largest absolute Gasteiger partial charge is 0.508 e. The van der Waals surface area contributed by atoms with E-state index >= 15 is 24.0 Å². The smallest absolute Gasteiger partial charge is 0.252 e. The summed E-state index contributed by atoms with van der Waals surface area (Å²) in [6.07, 6.45) is -15.0. The highest BCUT2D eigenvalue weighted by Gasteiger charge is 2.50. The fourth-order valence-electron chi connectivity index (χ4n) is 14.6. The fourth-order valence-corrected chi connectivity index (χ4v) is 15.1. The lowest BCUT2D eigenvalue weighted by Crippen LogP contribution is -2.65. The monoisotopic (exact) mass is 1660 g/mol. The number of aliphatic hydroxyl groups is 8. The maximum absolute atomic E-state index is 16.6. The van der Waals surface area contributed by atoms with E-state index in [4.69, 9.17) is 56.4 Å². The number of Topliss-reactive ketones (excluding diaryl/α,β-unsaturated/α-hetero) is 1. The minimum absolute atomic E-state index is 0.0710. The van der Waals surface area contributed by atoms with E-state index in [9.17, 15) is 75.7 Å². The average Bonchev–Trinajstić information content (AvgIpc) is 1.60. The Balaban J connectivity index is 1.03. The third-order valence-corrected chi connectivity index (χ3v) is 21.6. The molecule has 17 atom stereocenters.